The molecule has 0 aliphatic heterocycles. The SMILES string of the molecule is CCCCOC(=O)C(N)CCS(=O)CCC(O)(c1ccc(-c2ccc(Cl)cc2Cl)cc1)C(F)(F)F. The number of esters is 1. The van der Waals surface area contributed by atoms with E-state index in [1.165, 1.54) is 30.3 Å². The molecule has 0 fully saturated rings. The van der Waals surface area contributed by atoms with Crippen LogP contribution in [0.15, 0.2) is 42.5 Å². The third-order valence-corrected chi connectivity index (χ3v) is 7.36. The highest BCUT2D eigenvalue weighted by atomic mass is 35.5. The van der Waals surface area contributed by atoms with E-state index < -0.39 is 46.8 Å². The second-order valence-corrected chi connectivity index (χ2v) is 10.6. The van der Waals surface area contributed by atoms with Crippen LogP contribution in [0.3, 0.4) is 0 Å². The largest absolute Gasteiger partial charge is 0.465 e. The van der Waals surface area contributed by atoms with Crippen molar-refractivity contribution in [1.29, 1.82) is 0 Å². The summed E-state index contributed by atoms with van der Waals surface area (Å²) in [5.74, 6) is -1.16. The van der Waals surface area contributed by atoms with Gasteiger partial charge in [0.1, 0.15) is 6.04 Å². The zero-order chi connectivity index (χ0) is 26.2. The van der Waals surface area contributed by atoms with Gasteiger partial charge in [0.05, 0.1) is 6.61 Å². The zero-order valence-corrected chi connectivity index (χ0v) is 21.4. The number of unbranched alkanes of at least 4 members (excludes halogenated alkanes) is 1. The molecule has 2 aromatic rings. The van der Waals surface area contributed by atoms with Gasteiger partial charge in [0.15, 0.2) is 5.60 Å². The van der Waals surface area contributed by atoms with Crippen LogP contribution in [-0.4, -0.2) is 45.6 Å². The normalized spacial score (nSPS) is 15.3. The Labute approximate surface area is 215 Å². The van der Waals surface area contributed by atoms with Crippen LogP contribution in [0.5, 0.6) is 0 Å². The molecule has 35 heavy (non-hydrogen) atoms. The van der Waals surface area contributed by atoms with E-state index in [4.69, 9.17) is 33.7 Å². The maximum Gasteiger partial charge on any atom is 0.421 e. The van der Waals surface area contributed by atoms with E-state index in [-0.39, 0.29) is 24.3 Å². The van der Waals surface area contributed by atoms with Crippen LogP contribution in [-0.2, 0) is 25.9 Å². The summed E-state index contributed by atoms with van der Waals surface area (Å²) in [6, 6.07) is 8.92. The van der Waals surface area contributed by atoms with Crippen LogP contribution in [0.25, 0.3) is 11.1 Å². The minimum Gasteiger partial charge on any atom is -0.465 e. The standard InChI is InChI=1S/C24H28Cl2F3NO4S/c1-2-3-12-34-22(31)21(30)10-13-35(33)14-11-23(32,24(27,28)29)17-6-4-16(5-7-17)19-9-8-18(25)15-20(19)26/h4-9,15,21,32H,2-3,10-14,30H2,1H3. The van der Waals surface area contributed by atoms with Crippen LogP contribution in [0.1, 0.15) is 38.2 Å². The van der Waals surface area contributed by atoms with E-state index >= 15 is 0 Å². The fraction of sp³-hybridized carbons (Fsp3) is 0.458. The number of carbonyl (C=O) groups excluding carboxylic acids is 1. The van der Waals surface area contributed by atoms with Crippen molar-refractivity contribution in [2.24, 2.45) is 5.73 Å². The van der Waals surface area contributed by atoms with Crippen molar-refractivity contribution >= 4 is 40.0 Å². The molecule has 0 aliphatic carbocycles. The summed E-state index contributed by atoms with van der Waals surface area (Å²) in [7, 11) is -1.74. The molecule has 0 bridgehead atoms. The highest BCUT2D eigenvalue weighted by Crippen LogP contribution is 2.42. The average Bonchev–Trinajstić information content (AvgIpc) is 2.80. The highest BCUT2D eigenvalue weighted by molar-refractivity contribution is 7.84. The molecule has 2 rings (SSSR count). The monoisotopic (exact) mass is 553 g/mol. The number of carbonyl (C=O) groups is 1. The summed E-state index contributed by atoms with van der Waals surface area (Å²) in [6.45, 7) is 2.16. The van der Waals surface area contributed by atoms with Gasteiger partial charge in [-0.15, -0.1) is 0 Å². The molecule has 0 heterocycles. The summed E-state index contributed by atoms with van der Waals surface area (Å²) < 4.78 is 58.9. The second kappa shape index (κ2) is 13.1. The van der Waals surface area contributed by atoms with Crippen molar-refractivity contribution < 1.29 is 32.0 Å². The van der Waals surface area contributed by atoms with Crippen LogP contribution in [0, 0.1) is 0 Å². The Morgan fingerprint density at radius 1 is 1.14 bits per heavy atom. The predicted molar refractivity (Wildman–Crippen MR) is 133 cm³/mol. The van der Waals surface area contributed by atoms with E-state index in [2.05, 4.69) is 0 Å². The summed E-state index contributed by atoms with van der Waals surface area (Å²) in [5, 5.41) is 11.4. The molecule has 11 heteroatoms. The lowest BCUT2D eigenvalue weighted by Gasteiger charge is -2.31. The quantitative estimate of drug-likeness (QED) is 0.263. The highest BCUT2D eigenvalue weighted by Gasteiger charge is 2.54. The van der Waals surface area contributed by atoms with Crippen molar-refractivity contribution in [2.75, 3.05) is 18.1 Å². The summed E-state index contributed by atoms with van der Waals surface area (Å²) in [5.41, 5.74) is 3.25. The smallest absolute Gasteiger partial charge is 0.421 e. The molecule has 5 nitrogen and oxygen atoms in total. The van der Waals surface area contributed by atoms with Crippen LogP contribution < -0.4 is 5.73 Å². The lowest BCUT2D eigenvalue weighted by molar-refractivity contribution is -0.267. The van der Waals surface area contributed by atoms with Gasteiger partial charge in [-0.05, 0) is 36.1 Å². The predicted octanol–water partition coefficient (Wildman–Crippen LogP) is 5.61. The zero-order valence-electron chi connectivity index (χ0n) is 19.1. The summed E-state index contributed by atoms with van der Waals surface area (Å²) in [4.78, 5) is 11.8. The number of nitrogens with two attached hydrogens (primary N) is 1. The first-order chi connectivity index (χ1) is 16.4. The first-order valence-electron chi connectivity index (χ1n) is 11.0. The Kier molecular flexibility index (Phi) is 11.0. The number of ether oxygens (including phenoxy) is 1. The minimum absolute atomic E-state index is 0.00142. The van der Waals surface area contributed by atoms with E-state index in [1.807, 2.05) is 6.92 Å². The van der Waals surface area contributed by atoms with Crippen LogP contribution in [0.2, 0.25) is 10.0 Å². The molecule has 0 saturated carbocycles. The summed E-state index contributed by atoms with van der Waals surface area (Å²) >= 11 is 12.1. The van der Waals surface area contributed by atoms with Gasteiger partial charge in [-0.25, -0.2) is 0 Å². The van der Waals surface area contributed by atoms with Gasteiger partial charge < -0.3 is 15.6 Å². The molecule has 2 aromatic carbocycles. The van der Waals surface area contributed by atoms with Crippen LogP contribution >= 0.6 is 23.2 Å². The molecule has 3 unspecified atom stereocenters. The van der Waals surface area contributed by atoms with Crippen molar-refractivity contribution in [2.45, 2.75) is 50.4 Å². The van der Waals surface area contributed by atoms with E-state index in [9.17, 15) is 27.3 Å². The molecule has 0 spiro atoms. The topological polar surface area (TPSA) is 89.6 Å². The first kappa shape index (κ1) is 29.6. The minimum atomic E-state index is -5.00. The molecular weight excluding hydrogens is 526 g/mol. The van der Waals surface area contributed by atoms with Crippen molar-refractivity contribution in [3.05, 3.63) is 58.1 Å². The summed E-state index contributed by atoms with van der Waals surface area (Å²) in [6.07, 6.45) is -4.30. The van der Waals surface area contributed by atoms with Crippen molar-refractivity contribution in [1.82, 2.24) is 0 Å². The maximum absolute atomic E-state index is 13.9. The molecular formula is C24H28Cl2F3NO4S. The Morgan fingerprint density at radius 2 is 1.80 bits per heavy atom. The van der Waals surface area contributed by atoms with E-state index in [0.29, 0.717) is 27.6 Å². The number of benzene rings is 2. The lowest BCUT2D eigenvalue weighted by Crippen LogP contribution is -2.43. The van der Waals surface area contributed by atoms with Gasteiger partial charge >= 0.3 is 12.1 Å². The number of alkyl halides is 3. The number of hydrogen-bond acceptors (Lipinski definition) is 5. The number of rotatable bonds is 12. The Balaban J connectivity index is 2.05. The first-order valence-corrected chi connectivity index (χ1v) is 13.3. The Morgan fingerprint density at radius 3 is 2.37 bits per heavy atom. The third-order valence-electron chi connectivity index (χ3n) is 5.47. The van der Waals surface area contributed by atoms with Gasteiger partial charge in [-0.1, -0.05) is 66.9 Å². The lowest BCUT2D eigenvalue weighted by atomic mass is 9.89. The number of aliphatic hydroxyl groups is 1. The third kappa shape index (κ3) is 8.18. The molecule has 0 radical (unpaired) electrons. The second-order valence-electron chi connectivity index (χ2n) is 8.07. The van der Waals surface area contributed by atoms with Gasteiger partial charge in [-0.2, -0.15) is 13.2 Å². The Hall–Kier alpha value is -1.65. The number of halogens is 5. The molecule has 194 valence electrons. The molecule has 0 aliphatic rings. The van der Waals surface area contributed by atoms with Crippen LogP contribution in [0.4, 0.5) is 13.2 Å². The Bertz CT molecular complexity index is 1020. The molecule has 3 N–H and O–H groups in total. The molecule has 0 amide bonds. The van der Waals surface area contributed by atoms with E-state index in [0.717, 1.165) is 6.42 Å². The fourth-order valence-electron chi connectivity index (χ4n) is 3.26. The van der Waals surface area contributed by atoms with Gasteiger partial charge in [-0.3, -0.25) is 9.00 Å². The van der Waals surface area contributed by atoms with Gasteiger partial charge in [0.2, 0.25) is 0 Å². The molecule has 0 aromatic heterocycles. The molecule has 0 saturated heterocycles. The number of hydrogen-bond donors (Lipinski definition) is 2. The van der Waals surface area contributed by atoms with E-state index in [1.54, 1.807) is 12.1 Å². The van der Waals surface area contributed by atoms with Crippen molar-refractivity contribution in [3.63, 3.8) is 0 Å². The molecule has 3 atom stereocenters. The fourth-order valence-corrected chi connectivity index (χ4v) is 5.02. The van der Waals surface area contributed by atoms with Gasteiger partial charge in [0.25, 0.3) is 0 Å². The van der Waals surface area contributed by atoms with Gasteiger partial charge in [0, 0.05) is 44.3 Å². The average molecular weight is 554 g/mol. The van der Waals surface area contributed by atoms with Crippen molar-refractivity contribution in [3.8, 4) is 11.1 Å². The maximum atomic E-state index is 13.9.